The number of hydrogen-bond acceptors (Lipinski definition) is 4. The molecule has 0 aromatic heterocycles. The summed E-state index contributed by atoms with van der Waals surface area (Å²) in [6, 6.07) is 11.6. The van der Waals surface area contributed by atoms with Crippen molar-refractivity contribution in [3.63, 3.8) is 0 Å². The monoisotopic (exact) mass is 423 g/mol. The van der Waals surface area contributed by atoms with Crippen molar-refractivity contribution in [1.29, 1.82) is 0 Å². The Morgan fingerprint density at radius 2 is 1.86 bits per heavy atom. The van der Waals surface area contributed by atoms with Crippen molar-refractivity contribution in [3.8, 4) is 11.5 Å². The lowest BCUT2D eigenvalue weighted by molar-refractivity contribution is 0.0288. The summed E-state index contributed by atoms with van der Waals surface area (Å²) in [5, 5.41) is 11.6. The van der Waals surface area contributed by atoms with Gasteiger partial charge in [-0.2, -0.15) is 0 Å². The molecule has 0 unspecified atom stereocenters. The normalized spacial score (nSPS) is 20.2. The van der Waals surface area contributed by atoms with Gasteiger partial charge in [-0.05, 0) is 55.1 Å². The molecule has 1 heterocycles. The maximum Gasteiger partial charge on any atom is 0.162 e. The van der Waals surface area contributed by atoms with Gasteiger partial charge in [0.2, 0.25) is 0 Å². The molecule has 6 heteroatoms. The van der Waals surface area contributed by atoms with Gasteiger partial charge in [-0.25, -0.2) is 0 Å². The van der Waals surface area contributed by atoms with Gasteiger partial charge in [-0.15, -0.1) is 0 Å². The van der Waals surface area contributed by atoms with Crippen LogP contribution in [-0.4, -0.2) is 43.9 Å². The van der Waals surface area contributed by atoms with Gasteiger partial charge < -0.3 is 14.6 Å². The molecule has 0 saturated carbocycles. The van der Waals surface area contributed by atoms with Gasteiger partial charge in [0, 0.05) is 34.6 Å². The van der Waals surface area contributed by atoms with Crippen molar-refractivity contribution in [2.45, 2.75) is 25.8 Å². The molecule has 0 bridgehead atoms. The quantitative estimate of drug-likeness (QED) is 0.692. The first-order valence-corrected chi connectivity index (χ1v) is 10.2. The van der Waals surface area contributed by atoms with Crippen LogP contribution in [-0.2, 0) is 13.0 Å². The molecule has 0 aliphatic carbocycles. The number of methoxy groups -OCH3 is 2. The number of aliphatic hydroxyl groups is 1. The minimum atomic E-state index is -0.175. The molecule has 2 aromatic carbocycles. The van der Waals surface area contributed by atoms with Crippen molar-refractivity contribution in [2.24, 2.45) is 5.41 Å². The zero-order valence-corrected chi connectivity index (χ0v) is 17.9. The molecule has 1 saturated heterocycles. The zero-order chi connectivity index (χ0) is 20.1. The number of nitrogens with zero attached hydrogens (tertiary/aromatic N) is 1. The molecule has 1 fully saturated rings. The average Bonchev–Trinajstić information content (AvgIpc) is 2.69. The van der Waals surface area contributed by atoms with Crippen LogP contribution in [0.2, 0.25) is 10.0 Å². The summed E-state index contributed by atoms with van der Waals surface area (Å²) in [7, 11) is 3.22. The Morgan fingerprint density at radius 3 is 2.54 bits per heavy atom. The third-order valence-corrected chi connectivity index (χ3v) is 6.08. The van der Waals surface area contributed by atoms with Crippen molar-refractivity contribution in [3.05, 3.63) is 57.6 Å². The fourth-order valence-electron chi connectivity index (χ4n) is 4.11. The highest BCUT2D eigenvalue weighted by molar-refractivity contribution is 6.31. The van der Waals surface area contributed by atoms with Crippen molar-refractivity contribution in [2.75, 3.05) is 33.9 Å². The minimum Gasteiger partial charge on any atom is -0.493 e. The molecule has 1 atom stereocenters. The van der Waals surface area contributed by atoms with E-state index < -0.39 is 0 Å². The molecule has 4 nitrogen and oxygen atoms in total. The van der Waals surface area contributed by atoms with Gasteiger partial charge in [0.1, 0.15) is 0 Å². The molecule has 1 aliphatic rings. The number of rotatable bonds is 7. The maximum atomic E-state index is 10.2. The fraction of sp³-hybridized carbons (Fsp3) is 0.455. The van der Waals surface area contributed by atoms with Gasteiger partial charge in [0.05, 0.1) is 20.8 Å². The lowest BCUT2D eigenvalue weighted by Crippen LogP contribution is -2.46. The smallest absolute Gasteiger partial charge is 0.162 e. The predicted molar refractivity (Wildman–Crippen MR) is 114 cm³/mol. The van der Waals surface area contributed by atoms with E-state index in [1.54, 1.807) is 20.3 Å². The summed E-state index contributed by atoms with van der Waals surface area (Å²) < 4.78 is 10.7. The van der Waals surface area contributed by atoms with Crippen molar-refractivity contribution < 1.29 is 14.6 Å². The highest BCUT2D eigenvalue weighted by Crippen LogP contribution is 2.37. The highest BCUT2D eigenvalue weighted by Gasteiger charge is 2.35. The Morgan fingerprint density at radius 1 is 1.11 bits per heavy atom. The van der Waals surface area contributed by atoms with Crippen LogP contribution >= 0.6 is 23.2 Å². The molecule has 3 rings (SSSR count). The van der Waals surface area contributed by atoms with Crippen LogP contribution in [0.15, 0.2) is 36.4 Å². The van der Waals surface area contributed by atoms with E-state index in [0.717, 1.165) is 48.5 Å². The summed E-state index contributed by atoms with van der Waals surface area (Å²) in [6.45, 7) is 2.63. The fourth-order valence-corrected chi connectivity index (χ4v) is 4.54. The van der Waals surface area contributed by atoms with Crippen LogP contribution in [0.25, 0.3) is 0 Å². The number of benzene rings is 2. The first-order valence-electron chi connectivity index (χ1n) is 9.47. The van der Waals surface area contributed by atoms with Crippen LogP contribution in [0.5, 0.6) is 11.5 Å². The summed E-state index contributed by atoms with van der Waals surface area (Å²) in [5.74, 6) is 1.30. The Balaban J connectivity index is 1.77. The van der Waals surface area contributed by atoms with Gasteiger partial charge in [-0.3, -0.25) is 4.90 Å². The topological polar surface area (TPSA) is 41.9 Å². The number of likely N-dealkylation sites (tertiary alicyclic amines) is 1. The first-order chi connectivity index (χ1) is 13.5. The van der Waals surface area contributed by atoms with E-state index in [9.17, 15) is 5.11 Å². The van der Waals surface area contributed by atoms with Crippen molar-refractivity contribution in [1.82, 2.24) is 4.90 Å². The van der Waals surface area contributed by atoms with Gasteiger partial charge in [-0.1, -0.05) is 35.3 Å². The Kier molecular flexibility index (Phi) is 7.10. The Hall–Kier alpha value is -1.46. The minimum absolute atomic E-state index is 0.148. The summed E-state index contributed by atoms with van der Waals surface area (Å²) >= 11 is 12.6. The molecule has 0 radical (unpaired) electrons. The number of ether oxygens (including phenoxy) is 2. The Labute approximate surface area is 177 Å². The average molecular weight is 424 g/mol. The van der Waals surface area contributed by atoms with E-state index in [4.69, 9.17) is 32.7 Å². The Bertz CT molecular complexity index is 814. The van der Waals surface area contributed by atoms with Gasteiger partial charge in [0.25, 0.3) is 0 Å². The number of aliphatic hydroxyl groups excluding tert-OH is 1. The maximum absolute atomic E-state index is 10.2. The van der Waals surface area contributed by atoms with E-state index >= 15 is 0 Å². The number of hydrogen-bond donors (Lipinski definition) is 1. The molecule has 1 N–H and O–H groups in total. The van der Waals surface area contributed by atoms with E-state index in [2.05, 4.69) is 11.0 Å². The lowest BCUT2D eigenvalue weighted by atomic mass is 9.75. The highest BCUT2D eigenvalue weighted by atomic mass is 35.5. The van der Waals surface area contributed by atoms with Crippen LogP contribution in [0.4, 0.5) is 0 Å². The molecular formula is C22H27Cl2NO3. The number of piperidine rings is 1. The molecule has 28 heavy (non-hydrogen) atoms. The zero-order valence-electron chi connectivity index (χ0n) is 16.4. The molecule has 0 amide bonds. The summed E-state index contributed by atoms with van der Waals surface area (Å²) in [6.07, 6.45) is 2.83. The second-order valence-electron chi connectivity index (χ2n) is 7.58. The summed E-state index contributed by atoms with van der Waals surface area (Å²) in [4.78, 5) is 2.36. The second kappa shape index (κ2) is 9.36. The third kappa shape index (κ3) is 4.93. The van der Waals surface area contributed by atoms with Gasteiger partial charge in [0.15, 0.2) is 11.5 Å². The van der Waals surface area contributed by atoms with Crippen LogP contribution in [0.1, 0.15) is 24.0 Å². The molecule has 1 aliphatic heterocycles. The van der Waals surface area contributed by atoms with E-state index in [1.807, 2.05) is 24.3 Å². The molecular weight excluding hydrogens is 397 g/mol. The van der Waals surface area contributed by atoms with E-state index in [1.165, 1.54) is 0 Å². The third-order valence-electron chi connectivity index (χ3n) is 5.49. The SMILES string of the molecule is COc1cc(Cl)c(CN2CCC[C@](CO)(Cc3cccc(Cl)c3)C2)cc1OC. The van der Waals surface area contributed by atoms with Crippen LogP contribution in [0, 0.1) is 5.41 Å². The predicted octanol–water partition coefficient (Wildman–Crippen LogP) is 4.83. The van der Waals surface area contributed by atoms with E-state index in [0.29, 0.717) is 23.1 Å². The second-order valence-corrected chi connectivity index (χ2v) is 8.42. The van der Waals surface area contributed by atoms with Crippen LogP contribution in [0.3, 0.4) is 0 Å². The van der Waals surface area contributed by atoms with Gasteiger partial charge >= 0.3 is 0 Å². The van der Waals surface area contributed by atoms with E-state index in [-0.39, 0.29) is 12.0 Å². The van der Waals surface area contributed by atoms with Crippen LogP contribution < -0.4 is 9.47 Å². The molecule has 152 valence electrons. The molecule has 2 aromatic rings. The standard InChI is InChI=1S/C22H27Cl2NO3/c1-27-20-10-17(19(24)11-21(20)28-2)13-25-8-4-7-22(14-25,15-26)12-16-5-3-6-18(23)9-16/h3,5-6,9-11,26H,4,7-8,12-15H2,1-2H3/t22-/m0/s1. The largest absolute Gasteiger partial charge is 0.493 e. The summed E-state index contributed by atoms with van der Waals surface area (Å²) in [5.41, 5.74) is 1.98. The lowest BCUT2D eigenvalue weighted by Gasteiger charge is -2.42. The first kappa shape index (κ1) is 21.3. The molecule has 0 spiro atoms. The van der Waals surface area contributed by atoms with Crippen molar-refractivity contribution >= 4 is 23.2 Å². The number of halogens is 2.